The number of hydrogen-bond acceptors (Lipinski definition) is 3. The summed E-state index contributed by atoms with van der Waals surface area (Å²) in [4.78, 5) is 14.5. The van der Waals surface area contributed by atoms with E-state index in [9.17, 15) is 4.79 Å². The van der Waals surface area contributed by atoms with Crippen LogP contribution in [0.3, 0.4) is 0 Å². The first-order valence-electron chi connectivity index (χ1n) is 7.88. The fraction of sp³-hybridized carbons (Fsp3) is 0.588. The van der Waals surface area contributed by atoms with E-state index in [2.05, 4.69) is 17.1 Å². The molecular formula is C17H27N3O. The Kier molecular flexibility index (Phi) is 5.76. The summed E-state index contributed by atoms with van der Waals surface area (Å²) in [5, 5.41) is 2.95. The molecule has 1 amide bonds. The lowest BCUT2D eigenvalue weighted by Gasteiger charge is -2.30. The van der Waals surface area contributed by atoms with Gasteiger partial charge in [0.15, 0.2) is 0 Å². The van der Waals surface area contributed by atoms with Crippen molar-refractivity contribution < 1.29 is 4.79 Å². The number of aryl methyl sites for hydroxylation is 1. The van der Waals surface area contributed by atoms with Gasteiger partial charge in [-0.1, -0.05) is 36.8 Å². The van der Waals surface area contributed by atoms with Gasteiger partial charge < -0.3 is 16.0 Å². The van der Waals surface area contributed by atoms with E-state index in [1.807, 2.05) is 31.2 Å². The molecule has 0 spiro atoms. The molecule has 4 nitrogen and oxygen atoms in total. The summed E-state index contributed by atoms with van der Waals surface area (Å²) in [7, 11) is 0. The molecule has 116 valence electrons. The number of rotatable bonds is 5. The van der Waals surface area contributed by atoms with E-state index in [0.717, 1.165) is 31.1 Å². The number of carbonyl (C=O) groups is 1. The Balaban J connectivity index is 1.72. The first kappa shape index (κ1) is 16.0. The Bertz CT molecular complexity index is 450. The highest BCUT2D eigenvalue weighted by molar-refractivity contribution is 5.82. The van der Waals surface area contributed by atoms with Crippen LogP contribution in [0.2, 0.25) is 0 Å². The van der Waals surface area contributed by atoms with Crippen molar-refractivity contribution in [2.24, 2.45) is 11.7 Å². The van der Waals surface area contributed by atoms with Gasteiger partial charge in [-0.25, -0.2) is 0 Å². The molecule has 3 N–H and O–H groups in total. The molecule has 1 aliphatic heterocycles. The van der Waals surface area contributed by atoms with Crippen LogP contribution in [-0.4, -0.2) is 37.0 Å². The molecule has 1 aromatic rings. The maximum Gasteiger partial charge on any atom is 0.241 e. The Labute approximate surface area is 127 Å². The zero-order chi connectivity index (χ0) is 15.2. The third-order valence-electron chi connectivity index (χ3n) is 4.32. The van der Waals surface area contributed by atoms with Gasteiger partial charge in [0.25, 0.3) is 0 Å². The molecule has 1 unspecified atom stereocenters. The minimum absolute atomic E-state index is 0.0933. The van der Waals surface area contributed by atoms with Crippen molar-refractivity contribution in [3.63, 3.8) is 0 Å². The number of hydrogen-bond donors (Lipinski definition) is 2. The highest BCUT2D eigenvalue weighted by atomic mass is 16.2. The van der Waals surface area contributed by atoms with Crippen LogP contribution in [0.4, 0.5) is 0 Å². The quantitative estimate of drug-likeness (QED) is 0.869. The van der Waals surface area contributed by atoms with E-state index in [-0.39, 0.29) is 5.91 Å². The molecule has 1 aromatic carbocycles. The van der Waals surface area contributed by atoms with Crippen molar-refractivity contribution >= 4 is 5.91 Å². The zero-order valence-corrected chi connectivity index (χ0v) is 13.1. The Hall–Kier alpha value is -1.39. The van der Waals surface area contributed by atoms with Gasteiger partial charge in [-0.3, -0.25) is 4.79 Å². The minimum Gasteiger partial charge on any atom is -0.353 e. The van der Waals surface area contributed by atoms with E-state index < -0.39 is 6.04 Å². The summed E-state index contributed by atoms with van der Waals surface area (Å²) < 4.78 is 0. The maximum absolute atomic E-state index is 12.1. The molecule has 1 saturated heterocycles. The largest absolute Gasteiger partial charge is 0.353 e. The summed E-state index contributed by atoms with van der Waals surface area (Å²) in [6, 6.07) is 7.23. The number of nitrogens with one attached hydrogen (secondary N) is 1. The van der Waals surface area contributed by atoms with Gasteiger partial charge in [0.2, 0.25) is 5.91 Å². The first-order valence-corrected chi connectivity index (χ1v) is 7.88. The smallest absolute Gasteiger partial charge is 0.241 e. The van der Waals surface area contributed by atoms with Gasteiger partial charge >= 0.3 is 0 Å². The average molecular weight is 289 g/mol. The third kappa shape index (κ3) is 4.83. The summed E-state index contributed by atoms with van der Waals surface area (Å²) in [5.74, 6) is 0.745. The highest BCUT2D eigenvalue weighted by Gasteiger charge is 2.17. The topological polar surface area (TPSA) is 58.4 Å². The van der Waals surface area contributed by atoms with Gasteiger partial charge in [0, 0.05) is 13.1 Å². The van der Waals surface area contributed by atoms with Crippen molar-refractivity contribution in [2.45, 2.75) is 32.7 Å². The second-order valence-corrected chi connectivity index (χ2v) is 6.20. The third-order valence-corrected chi connectivity index (χ3v) is 4.32. The Morgan fingerprint density at radius 2 is 1.95 bits per heavy atom. The van der Waals surface area contributed by atoms with Crippen molar-refractivity contribution in [1.82, 2.24) is 10.2 Å². The number of piperidine rings is 1. The number of carbonyl (C=O) groups excluding carboxylic acids is 1. The normalized spacial score (nSPS) is 18.4. The van der Waals surface area contributed by atoms with E-state index in [1.54, 1.807) is 0 Å². The van der Waals surface area contributed by atoms with Crippen LogP contribution in [0, 0.1) is 12.8 Å². The molecule has 0 saturated carbocycles. The number of likely N-dealkylation sites (tertiary alicyclic amines) is 1. The summed E-state index contributed by atoms with van der Waals surface area (Å²) >= 11 is 0. The van der Waals surface area contributed by atoms with Crippen LogP contribution in [0.15, 0.2) is 24.3 Å². The molecule has 0 radical (unpaired) electrons. The predicted octanol–water partition coefficient (Wildman–Crippen LogP) is 1.84. The van der Waals surface area contributed by atoms with Crippen LogP contribution in [0.1, 0.15) is 36.9 Å². The molecule has 1 fully saturated rings. The van der Waals surface area contributed by atoms with Crippen molar-refractivity contribution in [3.8, 4) is 0 Å². The second kappa shape index (κ2) is 7.57. The van der Waals surface area contributed by atoms with Crippen molar-refractivity contribution in [2.75, 3.05) is 26.2 Å². The standard InChI is InChI=1S/C17H27N3O/c1-13-3-5-15(6-4-13)16(18)17(21)19-9-12-20-10-7-14(2)8-11-20/h3-6,14,16H,7-12,18H2,1-2H3,(H,19,21). The predicted molar refractivity (Wildman–Crippen MR) is 86.0 cm³/mol. The van der Waals surface area contributed by atoms with Crippen molar-refractivity contribution in [3.05, 3.63) is 35.4 Å². The number of benzene rings is 1. The van der Waals surface area contributed by atoms with Gasteiger partial charge in [-0.2, -0.15) is 0 Å². The van der Waals surface area contributed by atoms with Gasteiger partial charge in [0.1, 0.15) is 6.04 Å². The molecule has 1 aliphatic rings. The van der Waals surface area contributed by atoms with Crippen LogP contribution < -0.4 is 11.1 Å². The van der Waals surface area contributed by atoms with Crippen molar-refractivity contribution in [1.29, 1.82) is 0 Å². The molecular weight excluding hydrogens is 262 g/mol. The molecule has 2 rings (SSSR count). The maximum atomic E-state index is 12.1. The SMILES string of the molecule is Cc1ccc(C(N)C(=O)NCCN2CCC(C)CC2)cc1. The number of nitrogens with zero attached hydrogens (tertiary/aromatic N) is 1. The fourth-order valence-corrected chi connectivity index (χ4v) is 2.66. The molecule has 21 heavy (non-hydrogen) atoms. The lowest BCUT2D eigenvalue weighted by Crippen LogP contribution is -2.41. The van der Waals surface area contributed by atoms with Crippen LogP contribution in [0.5, 0.6) is 0 Å². The monoisotopic (exact) mass is 289 g/mol. The fourth-order valence-electron chi connectivity index (χ4n) is 2.66. The van der Waals surface area contributed by atoms with Gasteiger partial charge in [-0.15, -0.1) is 0 Å². The average Bonchev–Trinajstić information content (AvgIpc) is 2.49. The molecule has 1 heterocycles. The van der Waals surface area contributed by atoms with E-state index in [1.165, 1.54) is 18.4 Å². The van der Waals surface area contributed by atoms with E-state index in [4.69, 9.17) is 5.73 Å². The molecule has 0 aliphatic carbocycles. The highest BCUT2D eigenvalue weighted by Crippen LogP contribution is 2.15. The van der Waals surface area contributed by atoms with Gasteiger partial charge in [0.05, 0.1) is 0 Å². The molecule has 4 heteroatoms. The van der Waals surface area contributed by atoms with Gasteiger partial charge in [-0.05, 0) is 44.3 Å². The number of amides is 1. The van der Waals surface area contributed by atoms with Crippen LogP contribution in [-0.2, 0) is 4.79 Å². The minimum atomic E-state index is -0.577. The lowest BCUT2D eigenvalue weighted by atomic mass is 9.99. The summed E-state index contributed by atoms with van der Waals surface area (Å²) in [6.07, 6.45) is 2.52. The zero-order valence-electron chi connectivity index (χ0n) is 13.1. The lowest BCUT2D eigenvalue weighted by molar-refractivity contribution is -0.122. The Morgan fingerprint density at radius 1 is 1.33 bits per heavy atom. The van der Waals surface area contributed by atoms with Crippen LogP contribution in [0.25, 0.3) is 0 Å². The summed E-state index contributed by atoms with van der Waals surface area (Å²) in [6.45, 7) is 8.20. The molecule has 0 aromatic heterocycles. The van der Waals surface area contributed by atoms with Crippen LogP contribution >= 0.6 is 0 Å². The molecule has 1 atom stereocenters. The number of nitrogens with two attached hydrogens (primary N) is 1. The summed E-state index contributed by atoms with van der Waals surface area (Å²) in [5.41, 5.74) is 8.04. The second-order valence-electron chi connectivity index (χ2n) is 6.20. The van der Waals surface area contributed by atoms with E-state index >= 15 is 0 Å². The Morgan fingerprint density at radius 3 is 2.57 bits per heavy atom. The van der Waals surface area contributed by atoms with E-state index in [0.29, 0.717) is 6.54 Å². The molecule has 0 bridgehead atoms. The first-order chi connectivity index (χ1) is 10.1.